The minimum atomic E-state index is -3.68. The van der Waals surface area contributed by atoms with Crippen LogP contribution in [0.25, 0.3) is 0 Å². The summed E-state index contributed by atoms with van der Waals surface area (Å²) in [4.78, 5) is 10.8. The van der Waals surface area contributed by atoms with Crippen molar-refractivity contribution < 1.29 is 23.1 Å². The Balaban J connectivity index is 3.09. The number of aromatic carboxylic acids is 1. The Kier molecular flexibility index (Phi) is 5.48. The molecule has 0 amide bonds. The van der Waals surface area contributed by atoms with Gasteiger partial charge in [0.2, 0.25) is 0 Å². The third-order valence-electron chi connectivity index (χ3n) is 2.57. The van der Waals surface area contributed by atoms with E-state index in [0.29, 0.717) is 6.54 Å². The Bertz CT molecular complexity index is 537. The molecule has 108 valence electrons. The lowest BCUT2D eigenvalue weighted by Crippen LogP contribution is -2.40. The molecule has 1 aromatic heterocycles. The summed E-state index contributed by atoms with van der Waals surface area (Å²) in [5.74, 6) is -1.13. The van der Waals surface area contributed by atoms with Gasteiger partial charge in [-0.3, -0.25) is 0 Å². The summed E-state index contributed by atoms with van der Waals surface area (Å²) in [6.45, 7) is 4.06. The molecule has 0 aromatic carbocycles. The Morgan fingerprint density at radius 2 is 2.16 bits per heavy atom. The first-order valence-electron chi connectivity index (χ1n) is 5.68. The fourth-order valence-electron chi connectivity index (χ4n) is 1.73. The van der Waals surface area contributed by atoms with Crippen molar-refractivity contribution in [3.05, 3.63) is 17.0 Å². The number of rotatable bonds is 7. The number of nitrogens with zero attached hydrogens (tertiary/aromatic N) is 1. The van der Waals surface area contributed by atoms with Gasteiger partial charge in [-0.25, -0.2) is 13.2 Å². The number of sulfonamides is 1. The lowest BCUT2D eigenvalue weighted by atomic mass is 10.4. The van der Waals surface area contributed by atoms with E-state index in [0.717, 1.165) is 11.3 Å². The quantitative estimate of drug-likeness (QED) is 0.825. The molecule has 0 aliphatic heterocycles. The highest BCUT2D eigenvalue weighted by Crippen LogP contribution is 2.26. The summed E-state index contributed by atoms with van der Waals surface area (Å²) in [5.41, 5.74) is 0. The minimum absolute atomic E-state index is 0.00835. The number of carbonyl (C=O) groups is 1. The first-order valence-corrected chi connectivity index (χ1v) is 7.94. The zero-order chi connectivity index (χ0) is 14.6. The number of carboxylic acid groups (broad SMARTS) is 1. The van der Waals surface area contributed by atoms with E-state index in [1.54, 1.807) is 13.8 Å². The summed E-state index contributed by atoms with van der Waals surface area (Å²) < 4.78 is 31.1. The number of likely N-dealkylation sites (N-methyl/N-ethyl adjacent to an activating group) is 1. The Hall–Kier alpha value is -0.960. The maximum Gasteiger partial charge on any atom is 0.345 e. The van der Waals surface area contributed by atoms with Crippen molar-refractivity contribution in [2.45, 2.75) is 24.1 Å². The van der Waals surface area contributed by atoms with Gasteiger partial charge in [0, 0.05) is 19.7 Å². The normalized spacial score (nSPS) is 13.7. The molecular formula is C11H17NO5S2. The van der Waals surface area contributed by atoms with Crippen molar-refractivity contribution in [3.63, 3.8) is 0 Å². The molecule has 8 heteroatoms. The van der Waals surface area contributed by atoms with Crippen LogP contribution in [0.3, 0.4) is 0 Å². The van der Waals surface area contributed by atoms with E-state index in [1.807, 2.05) is 0 Å². The predicted octanol–water partition coefficient (Wildman–Crippen LogP) is 1.49. The molecule has 0 saturated carbocycles. The summed E-state index contributed by atoms with van der Waals surface area (Å²) >= 11 is 0.757. The molecule has 0 aliphatic rings. The van der Waals surface area contributed by atoms with Crippen LogP contribution in [-0.2, 0) is 14.8 Å². The van der Waals surface area contributed by atoms with Crippen molar-refractivity contribution in [3.8, 4) is 0 Å². The number of thiophene rings is 1. The SMILES string of the molecule is CCN(C(C)COC)S(=O)(=O)c1ccc(C(=O)O)s1. The second-order valence-corrected chi connectivity index (χ2v) is 7.14. The number of hydrogen-bond donors (Lipinski definition) is 1. The second-order valence-electron chi connectivity index (χ2n) is 3.94. The zero-order valence-corrected chi connectivity index (χ0v) is 12.6. The maximum atomic E-state index is 12.4. The second kappa shape index (κ2) is 6.47. The van der Waals surface area contributed by atoms with Gasteiger partial charge in [-0.2, -0.15) is 4.31 Å². The van der Waals surface area contributed by atoms with Crippen LogP contribution in [0.4, 0.5) is 0 Å². The molecule has 1 unspecified atom stereocenters. The summed E-state index contributed by atoms with van der Waals surface area (Å²) in [6.07, 6.45) is 0. The summed E-state index contributed by atoms with van der Waals surface area (Å²) in [5, 5.41) is 8.84. The van der Waals surface area contributed by atoms with Crippen LogP contribution in [0.1, 0.15) is 23.5 Å². The topological polar surface area (TPSA) is 83.9 Å². The molecule has 1 heterocycles. The van der Waals surface area contributed by atoms with Crippen molar-refractivity contribution >= 4 is 27.3 Å². The molecule has 1 rings (SSSR count). The average Bonchev–Trinajstić information content (AvgIpc) is 2.79. The van der Waals surface area contributed by atoms with Gasteiger partial charge in [-0.05, 0) is 19.1 Å². The van der Waals surface area contributed by atoms with E-state index in [1.165, 1.54) is 23.5 Å². The van der Waals surface area contributed by atoms with E-state index >= 15 is 0 Å². The third-order valence-corrected chi connectivity index (χ3v) is 6.20. The highest BCUT2D eigenvalue weighted by molar-refractivity contribution is 7.91. The van der Waals surface area contributed by atoms with E-state index in [4.69, 9.17) is 9.84 Å². The minimum Gasteiger partial charge on any atom is -0.477 e. The van der Waals surface area contributed by atoms with Crippen molar-refractivity contribution in [1.82, 2.24) is 4.31 Å². The van der Waals surface area contributed by atoms with Gasteiger partial charge < -0.3 is 9.84 Å². The van der Waals surface area contributed by atoms with Crippen molar-refractivity contribution in [2.75, 3.05) is 20.3 Å². The lowest BCUT2D eigenvalue weighted by Gasteiger charge is -2.25. The number of methoxy groups -OCH3 is 1. The molecule has 1 atom stereocenters. The molecule has 0 radical (unpaired) electrons. The van der Waals surface area contributed by atoms with Gasteiger partial charge >= 0.3 is 5.97 Å². The van der Waals surface area contributed by atoms with Gasteiger partial charge in [0.15, 0.2) is 0 Å². The van der Waals surface area contributed by atoms with Crippen LogP contribution in [-0.4, -0.2) is 50.1 Å². The van der Waals surface area contributed by atoms with Crippen LogP contribution in [0.5, 0.6) is 0 Å². The maximum absolute atomic E-state index is 12.4. The Morgan fingerprint density at radius 1 is 1.53 bits per heavy atom. The molecule has 1 aromatic rings. The van der Waals surface area contributed by atoms with Crippen LogP contribution in [0, 0.1) is 0 Å². The number of hydrogen-bond acceptors (Lipinski definition) is 5. The molecule has 6 nitrogen and oxygen atoms in total. The van der Waals surface area contributed by atoms with E-state index in [2.05, 4.69) is 0 Å². The molecule has 0 fully saturated rings. The van der Waals surface area contributed by atoms with E-state index < -0.39 is 16.0 Å². The zero-order valence-electron chi connectivity index (χ0n) is 11.0. The highest BCUT2D eigenvalue weighted by atomic mass is 32.2. The van der Waals surface area contributed by atoms with E-state index in [9.17, 15) is 13.2 Å². The predicted molar refractivity (Wildman–Crippen MR) is 72.2 cm³/mol. The smallest absolute Gasteiger partial charge is 0.345 e. The largest absolute Gasteiger partial charge is 0.477 e. The first kappa shape index (κ1) is 16.1. The van der Waals surface area contributed by atoms with Crippen molar-refractivity contribution in [1.29, 1.82) is 0 Å². The van der Waals surface area contributed by atoms with Crippen molar-refractivity contribution in [2.24, 2.45) is 0 Å². The first-order chi connectivity index (χ1) is 8.84. The third kappa shape index (κ3) is 3.53. The molecule has 19 heavy (non-hydrogen) atoms. The van der Waals surface area contributed by atoms with Gasteiger partial charge in [0.1, 0.15) is 9.09 Å². The van der Waals surface area contributed by atoms with Crippen LogP contribution in [0.15, 0.2) is 16.3 Å². The molecule has 1 N–H and O–H groups in total. The van der Waals surface area contributed by atoms with Gasteiger partial charge in [0.05, 0.1) is 6.61 Å². The molecule has 0 aliphatic carbocycles. The standard InChI is InChI=1S/C11H17NO5S2/c1-4-12(8(2)7-17-3)19(15,16)10-6-5-9(18-10)11(13)14/h5-6,8H,4,7H2,1-3H3,(H,13,14). The Labute approximate surface area is 116 Å². The van der Waals surface area contributed by atoms with Crippen LogP contribution < -0.4 is 0 Å². The number of ether oxygens (including phenoxy) is 1. The molecule has 0 spiro atoms. The Morgan fingerprint density at radius 3 is 2.58 bits per heavy atom. The molecule has 0 saturated heterocycles. The fourth-order valence-corrected chi connectivity index (χ4v) is 4.63. The fraction of sp³-hybridized carbons (Fsp3) is 0.545. The van der Waals surface area contributed by atoms with Crippen LogP contribution in [0.2, 0.25) is 0 Å². The molecule has 0 bridgehead atoms. The lowest BCUT2D eigenvalue weighted by molar-refractivity contribution is 0.0702. The average molecular weight is 307 g/mol. The molecular weight excluding hydrogens is 290 g/mol. The van der Waals surface area contributed by atoms with Gasteiger partial charge in [-0.1, -0.05) is 6.92 Å². The van der Waals surface area contributed by atoms with Crippen LogP contribution >= 0.6 is 11.3 Å². The highest BCUT2D eigenvalue weighted by Gasteiger charge is 2.29. The van der Waals surface area contributed by atoms with E-state index in [-0.39, 0.29) is 21.7 Å². The summed E-state index contributed by atoms with van der Waals surface area (Å²) in [6, 6.07) is 2.32. The van der Waals surface area contributed by atoms with Gasteiger partial charge in [-0.15, -0.1) is 11.3 Å². The summed E-state index contributed by atoms with van der Waals surface area (Å²) in [7, 11) is -2.17. The number of carboxylic acids is 1. The monoisotopic (exact) mass is 307 g/mol. The van der Waals surface area contributed by atoms with Gasteiger partial charge in [0.25, 0.3) is 10.0 Å².